The topological polar surface area (TPSA) is 27.1 Å². The molecule has 128 valence electrons. The van der Waals surface area contributed by atoms with Gasteiger partial charge < -0.3 is 4.74 Å². The molecule has 0 saturated carbocycles. The maximum absolute atomic E-state index is 14.3. The molecule has 3 nitrogen and oxygen atoms in total. The number of nitrogens with zero attached hydrogens (tertiary/aromatic N) is 2. The average molecular weight is 344 g/mol. The Labute approximate surface area is 117 Å². The molecular formula is C10H9F9N2O. The highest BCUT2D eigenvalue weighted by Gasteiger charge is 2.71. The second-order valence-electron chi connectivity index (χ2n) is 4.40. The number of hydrogen-bond acceptors (Lipinski definition) is 2. The molecule has 0 bridgehead atoms. The van der Waals surface area contributed by atoms with Gasteiger partial charge in [-0.15, -0.1) is 0 Å². The van der Waals surface area contributed by atoms with Crippen LogP contribution in [0.3, 0.4) is 0 Å². The standard InChI is InChI=1S/C10H9F9N2O/c1-7(12,13)5-22-10(18,19)8(14,6(11)9(15,16)17)21-4-2-3-20-21/h2-4,6H,5H2,1H3. The van der Waals surface area contributed by atoms with Gasteiger partial charge in [0.1, 0.15) is 6.61 Å². The number of ether oxygens (including phenoxy) is 1. The average Bonchev–Trinajstić information content (AvgIpc) is 2.86. The first-order valence-corrected chi connectivity index (χ1v) is 5.51. The zero-order chi connectivity index (χ0) is 17.4. The van der Waals surface area contributed by atoms with E-state index in [2.05, 4.69) is 9.84 Å². The number of aromatic nitrogens is 2. The van der Waals surface area contributed by atoms with Crippen molar-refractivity contribution >= 4 is 0 Å². The molecular weight excluding hydrogens is 335 g/mol. The number of alkyl halides is 9. The highest BCUT2D eigenvalue weighted by atomic mass is 19.4. The van der Waals surface area contributed by atoms with Crippen molar-refractivity contribution in [3.63, 3.8) is 0 Å². The van der Waals surface area contributed by atoms with Crippen LogP contribution >= 0.6 is 0 Å². The third-order valence-corrected chi connectivity index (χ3v) is 2.38. The summed E-state index contributed by atoms with van der Waals surface area (Å²) in [5, 5.41) is 2.79. The van der Waals surface area contributed by atoms with E-state index in [1.165, 1.54) is 0 Å². The fraction of sp³-hybridized carbons (Fsp3) is 0.700. The molecule has 1 aromatic rings. The van der Waals surface area contributed by atoms with Crippen molar-refractivity contribution in [2.75, 3.05) is 6.61 Å². The molecule has 2 atom stereocenters. The molecule has 0 aromatic carbocycles. The van der Waals surface area contributed by atoms with Gasteiger partial charge in [0.05, 0.1) is 0 Å². The van der Waals surface area contributed by atoms with Gasteiger partial charge in [-0.3, -0.25) is 0 Å². The van der Waals surface area contributed by atoms with Gasteiger partial charge in [-0.05, 0) is 6.07 Å². The Balaban J connectivity index is 3.26. The molecule has 0 N–H and O–H groups in total. The summed E-state index contributed by atoms with van der Waals surface area (Å²) in [6, 6.07) is 0.738. The maximum atomic E-state index is 14.3. The highest BCUT2D eigenvalue weighted by Crippen LogP contribution is 2.47. The van der Waals surface area contributed by atoms with Crippen LogP contribution in [0, 0.1) is 0 Å². The first-order valence-electron chi connectivity index (χ1n) is 5.51. The molecule has 1 rings (SSSR count). The second kappa shape index (κ2) is 5.63. The van der Waals surface area contributed by atoms with Crippen molar-refractivity contribution in [2.45, 2.75) is 37.1 Å². The molecule has 2 unspecified atom stereocenters. The van der Waals surface area contributed by atoms with Crippen LogP contribution in [0.15, 0.2) is 18.5 Å². The second-order valence-corrected chi connectivity index (χ2v) is 4.40. The van der Waals surface area contributed by atoms with E-state index in [0.29, 0.717) is 6.20 Å². The van der Waals surface area contributed by atoms with Crippen molar-refractivity contribution in [2.24, 2.45) is 0 Å². The number of hydrogen-bond donors (Lipinski definition) is 0. The normalized spacial score (nSPS) is 18.1. The summed E-state index contributed by atoms with van der Waals surface area (Å²) in [7, 11) is 0. The lowest BCUT2D eigenvalue weighted by Gasteiger charge is -2.36. The molecule has 0 spiro atoms. The zero-order valence-corrected chi connectivity index (χ0v) is 10.7. The lowest BCUT2D eigenvalue weighted by Crippen LogP contribution is -2.59. The third-order valence-electron chi connectivity index (χ3n) is 2.38. The van der Waals surface area contributed by atoms with Crippen LogP contribution in [-0.4, -0.2) is 40.8 Å². The Hall–Kier alpha value is -1.46. The maximum Gasteiger partial charge on any atom is 0.425 e. The molecule has 0 aliphatic rings. The molecule has 0 radical (unpaired) electrons. The van der Waals surface area contributed by atoms with E-state index >= 15 is 0 Å². The van der Waals surface area contributed by atoms with Gasteiger partial charge in [-0.1, -0.05) is 0 Å². The van der Waals surface area contributed by atoms with Gasteiger partial charge in [0.25, 0.3) is 12.1 Å². The van der Waals surface area contributed by atoms with Gasteiger partial charge in [0.15, 0.2) is 0 Å². The Morgan fingerprint density at radius 3 is 2.00 bits per heavy atom. The Kier molecular flexibility index (Phi) is 4.76. The van der Waals surface area contributed by atoms with Gasteiger partial charge >= 0.3 is 18.1 Å². The number of rotatable bonds is 6. The van der Waals surface area contributed by atoms with E-state index in [1.54, 1.807) is 0 Å². The van der Waals surface area contributed by atoms with E-state index in [9.17, 15) is 39.5 Å². The largest absolute Gasteiger partial charge is 0.425 e. The van der Waals surface area contributed by atoms with Crippen LogP contribution in [0.5, 0.6) is 0 Å². The molecule has 12 heteroatoms. The molecule has 1 heterocycles. The van der Waals surface area contributed by atoms with Crippen LogP contribution in [0.4, 0.5) is 39.5 Å². The van der Waals surface area contributed by atoms with Crippen molar-refractivity contribution in [3.05, 3.63) is 18.5 Å². The predicted molar refractivity (Wildman–Crippen MR) is 53.8 cm³/mol. The SMILES string of the molecule is CC(F)(F)COC(F)(F)C(F)(C(F)C(F)(F)F)n1cccn1. The summed E-state index contributed by atoms with van der Waals surface area (Å²) in [6.07, 6.45) is -15.5. The summed E-state index contributed by atoms with van der Waals surface area (Å²) in [4.78, 5) is 0. The lowest BCUT2D eigenvalue weighted by atomic mass is 10.1. The first kappa shape index (κ1) is 18.6. The minimum Gasteiger partial charge on any atom is -0.310 e. The first-order chi connectivity index (χ1) is 9.72. The zero-order valence-electron chi connectivity index (χ0n) is 10.7. The fourth-order valence-electron chi connectivity index (χ4n) is 1.39. The Bertz CT molecular complexity index is 482. The molecule has 1 aromatic heterocycles. The Morgan fingerprint density at radius 2 is 1.64 bits per heavy atom. The van der Waals surface area contributed by atoms with Gasteiger partial charge in [0, 0.05) is 19.3 Å². The summed E-state index contributed by atoms with van der Waals surface area (Å²) >= 11 is 0. The van der Waals surface area contributed by atoms with E-state index < -0.39 is 41.5 Å². The summed E-state index contributed by atoms with van der Waals surface area (Å²) < 4.78 is 119. The van der Waals surface area contributed by atoms with Crippen LogP contribution in [-0.2, 0) is 10.5 Å². The highest BCUT2D eigenvalue weighted by molar-refractivity contribution is 4.97. The van der Waals surface area contributed by atoms with E-state index in [0.717, 1.165) is 6.07 Å². The van der Waals surface area contributed by atoms with Crippen LogP contribution in [0.2, 0.25) is 0 Å². The molecule has 0 aliphatic carbocycles. The number of halogens is 9. The van der Waals surface area contributed by atoms with Crippen molar-refractivity contribution in [1.29, 1.82) is 0 Å². The third kappa shape index (κ3) is 3.65. The van der Waals surface area contributed by atoms with Crippen molar-refractivity contribution in [3.8, 4) is 0 Å². The minimum atomic E-state index is -6.05. The van der Waals surface area contributed by atoms with E-state index in [4.69, 9.17) is 0 Å². The lowest BCUT2D eigenvalue weighted by molar-refractivity contribution is -0.387. The summed E-state index contributed by atoms with van der Waals surface area (Å²) in [5.41, 5.74) is 0. The van der Waals surface area contributed by atoms with Crippen LogP contribution < -0.4 is 0 Å². The van der Waals surface area contributed by atoms with Crippen molar-refractivity contribution in [1.82, 2.24) is 9.78 Å². The molecule has 22 heavy (non-hydrogen) atoms. The fourth-order valence-corrected chi connectivity index (χ4v) is 1.39. The quantitative estimate of drug-likeness (QED) is 0.737. The van der Waals surface area contributed by atoms with Gasteiger partial charge in [0.2, 0.25) is 0 Å². The Morgan fingerprint density at radius 1 is 1.09 bits per heavy atom. The van der Waals surface area contributed by atoms with Crippen molar-refractivity contribution < 1.29 is 44.3 Å². The van der Waals surface area contributed by atoms with Gasteiger partial charge in [-0.25, -0.2) is 22.2 Å². The van der Waals surface area contributed by atoms with Crippen LogP contribution in [0.25, 0.3) is 0 Å². The molecule has 0 saturated heterocycles. The molecule has 0 amide bonds. The van der Waals surface area contributed by atoms with E-state index in [1.807, 2.05) is 0 Å². The summed E-state index contributed by atoms with van der Waals surface area (Å²) in [6.45, 7) is -2.02. The van der Waals surface area contributed by atoms with E-state index in [-0.39, 0.29) is 13.1 Å². The minimum absolute atomic E-state index is 0.105. The monoisotopic (exact) mass is 344 g/mol. The molecule has 0 fully saturated rings. The van der Waals surface area contributed by atoms with Crippen LogP contribution in [0.1, 0.15) is 6.92 Å². The predicted octanol–water partition coefficient (Wildman–Crippen LogP) is 3.67. The van der Waals surface area contributed by atoms with Gasteiger partial charge in [-0.2, -0.15) is 27.1 Å². The smallest absolute Gasteiger partial charge is 0.310 e. The molecule has 0 aliphatic heterocycles. The summed E-state index contributed by atoms with van der Waals surface area (Å²) in [5.74, 6) is -9.10.